The lowest BCUT2D eigenvalue weighted by molar-refractivity contribution is -2.00. The smallest absolute Gasteiger partial charge is 0.241 e. The van der Waals surface area contributed by atoms with Crippen LogP contribution in [0.5, 0.6) is 0 Å². The SMILES string of the molecule is [O-][Cl+3]([O-])([O-])[O-].[O-][Cl+3]([O-])([O-])[O-].c1c[n+](CCCC[n+]2cc[nH]c2)c[nH]1. The van der Waals surface area contributed by atoms with Gasteiger partial charge in [-0.3, -0.25) is 9.97 Å². The van der Waals surface area contributed by atoms with E-state index in [4.69, 9.17) is 37.3 Å². The predicted molar refractivity (Wildman–Crippen MR) is 51.2 cm³/mol. The molecule has 0 amide bonds. The number of hydrogen-bond donors (Lipinski definition) is 2. The van der Waals surface area contributed by atoms with E-state index in [0.717, 1.165) is 13.1 Å². The summed E-state index contributed by atoms with van der Waals surface area (Å²) in [6, 6.07) is 0. The molecule has 0 aliphatic heterocycles. The quantitative estimate of drug-likeness (QED) is 0.367. The van der Waals surface area contributed by atoms with Gasteiger partial charge >= 0.3 is 0 Å². The van der Waals surface area contributed by atoms with Gasteiger partial charge in [-0.15, -0.1) is 20.5 Å². The number of nitrogens with one attached hydrogen (secondary N) is 2. The molecular formula is C10H16Cl2N4O8. The zero-order chi connectivity index (χ0) is 18.6. The number of rotatable bonds is 5. The van der Waals surface area contributed by atoms with E-state index < -0.39 is 20.5 Å². The highest BCUT2D eigenvalue weighted by atomic mass is 35.7. The molecular weight excluding hydrogens is 375 g/mol. The number of aromatic nitrogens is 4. The molecule has 0 radical (unpaired) electrons. The minimum atomic E-state index is -4.94. The number of unbranched alkanes of at least 4 members (excludes halogenated alkanes) is 1. The largest absolute Gasteiger partial charge is 0.250 e. The second kappa shape index (κ2) is 11.3. The van der Waals surface area contributed by atoms with Crippen LogP contribution in [0.2, 0.25) is 0 Å². The number of aryl methyl sites for hydroxylation is 2. The number of halogens is 2. The van der Waals surface area contributed by atoms with Crippen molar-refractivity contribution in [3.8, 4) is 0 Å². The second-order valence-electron chi connectivity index (χ2n) is 4.16. The standard InChI is InChI=1S/C10H14N4.2ClHO4/c1(5-13-7-3-11-9-13)2-6-14-8-4-12-10-14;2*2-1(3,4)5/h3-4,7-10H,1-2,5-6H2;2*(H,2,3,4,5). The van der Waals surface area contributed by atoms with Crippen LogP contribution in [0.25, 0.3) is 0 Å². The fraction of sp³-hybridized carbons (Fsp3) is 0.400. The first kappa shape index (κ1) is 22.7. The minimum Gasteiger partial charge on any atom is -0.250 e. The molecule has 0 unspecified atom stereocenters. The van der Waals surface area contributed by atoms with Crippen LogP contribution in [0.1, 0.15) is 12.8 Å². The van der Waals surface area contributed by atoms with Gasteiger partial charge in [0.05, 0.1) is 13.1 Å². The Morgan fingerprint density at radius 3 is 1.12 bits per heavy atom. The summed E-state index contributed by atoms with van der Waals surface area (Å²) in [4.78, 5) is 6.07. The molecule has 0 aromatic carbocycles. The molecule has 14 heteroatoms. The summed E-state index contributed by atoms with van der Waals surface area (Å²) in [5.74, 6) is 0. The van der Waals surface area contributed by atoms with Gasteiger partial charge in [-0.2, -0.15) is 0 Å². The lowest BCUT2D eigenvalue weighted by Crippen LogP contribution is -2.68. The molecule has 24 heavy (non-hydrogen) atoms. The number of H-pyrrole nitrogens is 2. The van der Waals surface area contributed by atoms with Crippen molar-refractivity contribution < 1.29 is 66.9 Å². The van der Waals surface area contributed by atoms with Crippen LogP contribution in [0.3, 0.4) is 0 Å². The maximum Gasteiger partial charge on any atom is 0.241 e. The first-order valence-corrected chi connectivity index (χ1v) is 8.69. The van der Waals surface area contributed by atoms with E-state index in [1.807, 2.05) is 25.0 Å². The van der Waals surface area contributed by atoms with Gasteiger partial charge in [-0.05, 0) is 12.8 Å². The van der Waals surface area contributed by atoms with Crippen molar-refractivity contribution in [1.82, 2.24) is 9.97 Å². The fourth-order valence-corrected chi connectivity index (χ4v) is 1.51. The molecule has 2 N–H and O–H groups in total. The van der Waals surface area contributed by atoms with Crippen molar-refractivity contribution in [2.75, 3.05) is 0 Å². The lowest BCUT2D eigenvalue weighted by atomic mass is 10.3. The first-order valence-electron chi connectivity index (χ1n) is 6.22. The van der Waals surface area contributed by atoms with Gasteiger partial charge in [0.15, 0.2) is 0 Å². The maximum atomic E-state index is 8.49. The van der Waals surface area contributed by atoms with Crippen LogP contribution in [0.4, 0.5) is 0 Å². The minimum absolute atomic E-state index is 1.09. The van der Waals surface area contributed by atoms with Crippen LogP contribution in [0, 0.1) is 20.5 Å². The normalized spacial score (nSPS) is 11.2. The third-order valence-corrected chi connectivity index (χ3v) is 2.29. The van der Waals surface area contributed by atoms with Gasteiger partial charge in [0.25, 0.3) is 0 Å². The summed E-state index contributed by atoms with van der Waals surface area (Å²) < 4.78 is 72.3. The summed E-state index contributed by atoms with van der Waals surface area (Å²) in [5, 5.41) is 0. The van der Waals surface area contributed by atoms with Gasteiger partial charge in [-0.25, -0.2) is 46.4 Å². The number of nitrogens with zero attached hydrogens (tertiary/aromatic N) is 2. The molecule has 0 saturated carbocycles. The van der Waals surface area contributed by atoms with Gasteiger partial charge < -0.3 is 0 Å². The summed E-state index contributed by atoms with van der Waals surface area (Å²) in [7, 11) is -9.89. The molecule has 12 nitrogen and oxygen atoms in total. The van der Waals surface area contributed by atoms with Crippen molar-refractivity contribution in [2.45, 2.75) is 25.9 Å². The number of hydrogen-bond acceptors (Lipinski definition) is 8. The Labute approximate surface area is 141 Å². The zero-order valence-electron chi connectivity index (χ0n) is 12.2. The van der Waals surface area contributed by atoms with Crippen LogP contribution >= 0.6 is 0 Å². The Balaban J connectivity index is 0.000000442. The van der Waals surface area contributed by atoms with E-state index in [9.17, 15) is 0 Å². The highest BCUT2D eigenvalue weighted by Gasteiger charge is 1.99. The van der Waals surface area contributed by atoms with E-state index in [-0.39, 0.29) is 0 Å². The Hall–Kier alpha value is -1.32. The maximum absolute atomic E-state index is 8.49. The van der Waals surface area contributed by atoms with Crippen molar-refractivity contribution >= 4 is 0 Å². The molecule has 2 heterocycles. The van der Waals surface area contributed by atoms with Gasteiger partial charge in [0.2, 0.25) is 12.7 Å². The van der Waals surface area contributed by atoms with Crippen LogP contribution in [-0.4, -0.2) is 9.97 Å². The van der Waals surface area contributed by atoms with E-state index in [1.54, 1.807) is 0 Å². The molecule has 2 aromatic rings. The van der Waals surface area contributed by atoms with Gasteiger partial charge in [0, 0.05) is 0 Å². The van der Waals surface area contributed by atoms with E-state index >= 15 is 0 Å². The third-order valence-electron chi connectivity index (χ3n) is 2.29. The Bertz CT molecular complexity index is 452. The molecule has 0 spiro atoms. The molecule has 0 atom stereocenters. The highest BCUT2D eigenvalue weighted by molar-refractivity contribution is 4.56. The Kier molecular flexibility index (Phi) is 10.7. The Morgan fingerprint density at radius 2 is 0.917 bits per heavy atom. The van der Waals surface area contributed by atoms with Crippen LogP contribution in [0.15, 0.2) is 37.4 Å². The number of imidazole rings is 2. The van der Waals surface area contributed by atoms with Crippen molar-refractivity contribution in [3.05, 3.63) is 37.4 Å². The number of aromatic amines is 2. The average Bonchev–Trinajstić information content (AvgIpc) is 3.04. The molecule has 0 saturated heterocycles. The second-order valence-corrected chi connectivity index (χ2v) is 5.67. The lowest BCUT2D eigenvalue weighted by Gasteiger charge is -2.17. The first-order chi connectivity index (χ1) is 10.9. The molecule has 0 bridgehead atoms. The van der Waals surface area contributed by atoms with Crippen LogP contribution < -0.4 is 46.4 Å². The summed E-state index contributed by atoms with van der Waals surface area (Å²) in [6.45, 7) is 2.18. The van der Waals surface area contributed by atoms with Gasteiger partial charge in [0.1, 0.15) is 24.8 Å². The highest BCUT2D eigenvalue weighted by Crippen LogP contribution is 1.88. The molecule has 2 rings (SSSR count). The fourth-order valence-electron chi connectivity index (χ4n) is 1.51. The predicted octanol–water partition coefficient (Wildman–Crippen LogP) is -9.11. The topological polar surface area (TPSA) is 224 Å². The average molecular weight is 391 g/mol. The monoisotopic (exact) mass is 390 g/mol. The molecule has 138 valence electrons. The van der Waals surface area contributed by atoms with E-state index in [0.29, 0.717) is 0 Å². The van der Waals surface area contributed by atoms with E-state index in [2.05, 4.69) is 31.5 Å². The third kappa shape index (κ3) is 20.7. The Morgan fingerprint density at radius 1 is 0.625 bits per heavy atom. The van der Waals surface area contributed by atoms with Crippen molar-refractivity contribution in [2.24, 2.45) is 0 Å². The molecule has 0 aliphatic rings. The molecule has 2 aromatic heterocycles. The zero-order valence-corrected chi connectivity index (χ0v) is 13.7. The van der Waals surface area contributed by atoms with Crippen molar-refractivity contribution in [1.29, 1.82) is 0 Å². The van der Waals surface area contributed by atoms with Gasteiger partial charge in [-0.1, -0.05) is 0 Å². The molecule has 0 fully saturated rings. The van der Waals surface area contributed by atoms with E-state index in [1.165, 1.54) is 12.8 Å². The van der Waals surface area contributed by atoms with Crippen molar-refractivity contribution in [3.63, 3.8) is 0 Å². The molecule has 0 aliphatic carbocycles. The summed E-state index contributed by atoms with van der Waals surface area (Å²) >= 11 is 0. The van der Waals surface area contributed by atoms with Crippen LogP contribution in [-0.2, 0) is 13.1 Å². The summed E-state index contributed by atoms with van der Waals surface area (Å²) in [6.07, 6.45) is 14.4. The summed E-state index contributed by atoms with van der Waals surface area (Å²) in [5.41, 5.74) is 0.